The smallest absolute Gasteiger partial charge is 0.416 e. The van der Waals surface area contributed by atoms with Gasteiger partial charge in [-0.1, -0.05) is 31.5 Å². The van der Waals surface area contributed by atoms with E-state index in [-0.39, 0.29) is 70.7 Å². The van der Waals surface area contributed by atoms with Gasteiger partial charge in [0.25, 0.3) is 11.5 Å². The fraction of sp³-hybridized carbons (Fsp3) is 0.441. The molecule has 2 aliphatic heterocycles. The molecule has 4 aromatic rings. The van der Waals surface area contributed by atoms with Crippen molar-refractivity contribution in [1.29, 1.82) is 0 Å². The van der Waals surface area contributed by atoms with E-state index in [1.165, 1.54) is 10.8 Å². The van der Waals surface area contributed by atoms with E-state index in [0.29, 0.717) is 49.6 Å². The molecule has 2 unspecified atom stereocenters. The molecule has 2 amide bonds. The molecule has 268 valence electrons. The highest BCUT2D eigenvalue weighted by molar-refractivity contribution is 6.33. The first-order chi connectivity index (χ1) is 24.2. The van der Waals surface area contributed by atoms with Crippen LogP contribution < -0.4 is 10.9 Å². The van der Waals surface area contributed by atoms with Crippen molar-refractivity contribution in [2.24, 2.45) is 5.92 Å². The summed E-state index contributed by atoms with van der Waals surface area (Å²) in [5.41, 5.74) is 0.0697. The number of rotatable bonds is 5. The van der Waals surface area contributed by atoms with Crippen LogP contribution in [0.5, 0.6) is 5.75 Å². The molecule has 1 saturated heterocycles. The first-order valence-corrected chi connectivity index (χ1v) is 16.9. The Kier molecular flexibility index (Phi) is 8.65. The number of aromatic hydroxyl groups is 1. The Bertz CT molecular complexity index is 2170. The number of carbonyl (C=O) groups excluding carboxylic acids is 2. The number of hydrogen-bond donors (Lipinski definition) is 2. The lowest BCUT2D eigenvalue weighted by Crippen LogP contribution is -2.49. The second-order valence-corrected chi connectivity index (χ2v) is 13.7. The average molecular weight is 727 g/mol. The van der Waals surface area contributed by atoms with Crippen LogP contribution in [0.1, 0.15) is 77.9 Å². The molecule has 1 aliphatic carbocycles. The minimum Gasteiger partial charge on any atom is -0.504 e. The van der Waals surface area contributed by atoms with Crippen molar-refractivity contribution in [1.82, 2.24) is 34.0 Å². The zero-order valence-corrected chi connectivity index (χ0v) is 28.7. The van der Waals surface area contributed by atoms with Crippen molar-refractivity contribution in [2.45, 2.75) is 64.1 Å². The summed E-state index contributed by atoms with van der Waals surface area (Å²) in [5, 5.41) is 17.4. The number of ether oxygens (including phenoxy) is 1. The minimum absolute atomic E-state index is 0.00209. The molecule has 2 N–H and O–H groups in total. The van der Waals surface area contributed by atoms with Crippen molar-refractivity contribution in [3.8, 4) is 5.75 Å². The third-order valence-electron chi connectivity index (χ3n) is 10.6. The second kappa shape index (κ2) is 12.7. The number of aromatic nitrogens is 6. The van der Waals surface area contributed by atoms with Crippen LogP contribution >= 0.6 is 11.6 Å². The number of piperidine rings is 1. The monoisotopic (exact) mass is 726 g/mol. The van der Waals surface area contributed by atoms with Gasteiger partial charge in [-0.3, -0.25) is 14.4 Å². The topological polar surface area (TPSA) is 157 Å². The van der Waals surface area contributed by atoms with E-state index >= 15 is 0 Å². The van der Waals surface area contributed by atoms with Crippen LogP contribution in [0.3, 0.4) is 0 Å². The largest absolute Gasteiger partial charge is 0.504 e. The lowest BCUT2D eigenvalue weighted by atomic mass is 9.67. The molecule has 0 bridgehead atoms. The molecule has 1 aromatic carbocycles. The maximum atomic E-state index is 14.5. The Hall–Kier alpha value is -4.83. The van der Waals surface area contributed by atoms with E-state index < -0.39 is 29.0 Å². The molecule has 3 aliphatic rings. The van der Waals surface area contributed by atoms with Gasteiger partial charge in [0.15, 0.2) is 17.3 Å². The summed E-state index contributed by atoms with van der Waals surface area (Å²) >= 11 is 6.16. The molecule has 7 rings (SSSR count). The number of nitrogens with zero attached hydrogens (tertiary/aromatic N) is 7. The number of aryl methyl sites for hydroxylation is 1. The van der Waals surface area contributed by atoms with Gasteiger partial charge in [-0.05, 0) is 55.9 Å². The number of halogens is 4. The van der Waals surface area contributed by atoms with Crippen molar-refractivity contribution in [3.05, 3.63) is 80.0 Å². The normalized spacial score (nSPS) is 20.1. The zero-order valence-electron chi connectivity index (χ0n) is 27.9. The molecule has 1 spiro atoms. The molecular formula is C34H34ClF3N8O5. The summed E-state index contributed by atoms with van der Waals surface area (Å²) in [7, 11) is 0. The van der Waals surface area contributed by atoms with Crippen LogP contribution in [0.4, 0.5) is 18.9 Å². The summed E-state index contributed by atoms with van der Waals surface area (Å²) in [6, 6.07) is 2.68. The van der Waals surface area contributed by atoms with E-state index in [4.69, 9.17) is 21.3 Å². The third kappa shape index (κ3) is 5.83. The van der Waals surface area contributed by atoms with Crippen LogP contribution in [-0.4, -0.2) is 77.3 Å². The van der Waals surface area contributed by atoms with Gasteiger partial charge in [-0.25, -0.2) is 9.97 Å². The van der Waals surface area contributed by atoms with Gasteiger partial charge >= 0.3 is 6.18 Å². The van der Waals surface area contributed by atoms with Gasteiger partial charge in [0.1, 0.15) is 12.9 Å². The van der Waals surface area contributed by atoms with E-state index in [1.807, 2.05) is 19.9 Å². The molecule has 0 radical (unpaired) electrons. The fourth-order valence-corrected chi connectivity index (χ4v) is 7.92. The summed E-state index contributed by atoms with van der Waals surface area (Å²) in [4.78, 5) is 55.9. The first-order valence-electron chi connectivity index (χ1n) is 16.5. The average Bonchev–Trinajstić information content (AvgIpc) is 3.64. The number of amides is 2. The van der Waals surface area contributed by atoms with Crippen LogP contribution in [0.25, 0.3) is 11.4 Å². The number of anilines is 1. The van der Waals surface area contributed by atoms with E-state index in [2.05, 4.69) is 20.4 Å². The third-order valence-corrected chi connectivity index (χ3v) is 10.9. The molecular weight excluding hydrogens is 693 g/mol. The maximum absolute atomic E-state index is 14.5. The van der Waals surface area contributed by atoms with E-state index in [9.17, 15) is 32.7 Å². The highest BCUT2D eigenvalue weighted by Gasteiger charge is 2.54. The number of alkyl halides is 3. The van der Waals surface area contributed by atoms with Crippen molar-refractivity contribution in [3.63, 3.8) is 0 Å². The van der Waals surface area contributed by atoms with Gasteiger partial charge < -0.3 is 24.6 Å². The molecule has 0 saturated carbocycles. The van der Waals surface area contributed by atoms with Crippen LogP contribution in [-0.2, 0) is 27.7 Å². The summed E-state index contributed by atoms with van der Waals surface area (Å²) in [5.74, 6) is -1.18. The molecule has 13 nitrogen and oxygen atoms in total. The summed E-state index contributed by atoms with van der Waals surface area (Å²) in [6.07, 6.45) is -0.178. The van der Waals surface area contributed by atoms with Crippen molar-refractivity contribution < 1.29 is 32.6 Å². The number of hydrogen-bond acceptors (Lipinski definition) is 9. The number of fused-ring (bicyclic) bond motifs is 3. The van der Waals surface area contributed by atoms with Gasteiger partial charge in [0.05, 0.1) is 35.2 Å². The zero-order chi connectivity index (χ0) is 36.4. The maximum Gasteiger partial charge on any atom is 0.416 e. The summed E-state index contributed by atoms with van der Waals surface area (Å²) in [6.45, 7) is 6.63. The van der Waals surface area contributed by atoms with Crippen LogP contribution in [0, 0.1) is 12.8 Å². The number of benzene rings is 1. The quantitative estimate of drug-likeness (QED) is 0.297. The van der Waals surface area contributed by atoms with E-state index in [1.54, 1.807) is 16.4 Å². The number of carbonyl (C=O) groups is 2. The van der Waals surface area contributed by atoms with Gasteiger partial charge in [0, 0.05) is 35.7 Å². The van der Waals surface area contributed by atoms with Gasteiger partial charge in [-0.2, -0.15) is 22.7 Å². The van der Waals surface area contributed by atoms with Crippen LogP contribution in [0.15, 0.2) is 35.4 Å². The highest BCUT2D eigenvalue weighted by atomic mass is 35.5. The molecule has 5 heterocycles. The predicted molar refractivity (Wildman–Crippen MR) is 179 cm³/mol. The van der Waals surface area contributed by atoms with Crippen molar-refractivity contribution in [2.75, 3.05) is 31.6 Å². The molecule has 17 heteroatoms. The fourth-order valence-electron chi connectivity index (χ4n) is 7.69. The van der Waals surface area contributed by atoms with Crippen LogP contribution in [0.2, 0.25) is 5.02 Å². The number of nitrogens with one attached hydrogen (secondary N) is 1. The Labute approximate surface area is 294 Å². The van der Waals surface area contributed by atoms with Gasteiger partial charge in [0.2, 0.25) is 11.7 Å². The predicted octanol–water partition coefficient (Wildman–Crippen LogP) is 4.74. The Morgan fingerprint density at radius 1 is 1.18 bits per heavy atom. The minimum atomic E-state index is -4.61. The molecule has 2 atom stereocenters. The Balaban J connectivity index is 1.28. The molecule has 51 heavy (non-hydrogen) atoms. The van der Waals surface area contributed by atoms with Crippen molar-refractivity contribution >= 4 is 40.5 Å². The lowest BCUT2D eigenvalue weighted by molar-refractivity contribution is -0.137. The SMILES string of the molecule is Cc1ncnc(C(=O)N2CCC3(CC2)c2c(n(CC(=O)Nc4ccc(C(F)(F)F)cc4Cl)c4nc(C5=CCOCC5)nn4c2=O)C(C)C3C)c1O. The second-order valence-electron chi connectivity index (χ2n) is 13.3. The van der Waals surface area contributed by atoms with E-state index in [0.717, 1.165) is 23.8 Å². The summed E-state index contributed by atoms with van der Waals surface area (Å²) < 4.78 is 48.1. The van der Waals surface area contributed by atoms with Gasteiger partial charge in [-0.15, -0.1) is 5.10 Å². The first kappa shape index (κ1) is 34.6. The standard InChI is InChI=1S/C34H34ClF3N8O5/c1-17-18(2)33(8-10-44(11-9-33)31(50)26-28(48)19(3)39-16-40-26)25-27(17)45(15-24(47)41-23-5-4-21(14-22(23)35)34(36,37)38)32-42-29(43-46(32)30(25)49)20-6-12-51-13-7-20/h4-6,14,16-18,48H,7-13,15H2,1-3H3,(H,41,47). The Morgan fingerprint density at radius 2 is 1.92 bits per heavy atom. The number of likely N-dealkylation sites (tertiary alicyclic amines) is 1. The molecule has 1 fully saturated rings. The molecule has 3 aromatic heterocycles. The lowest BCUT2D eigenvalue weighted by Gasteiger charge is -2.43. The Morgan fingerprint density at radius 3 is 2.59 bits per heavy atom. The highest BCUT2D eigenvalue weighted by Crippen LogP contribution is 2.54.